The number of pyridine rings is 1. The van der Waals surface area contributed by atoms with Crippen molar-refractivity contribution in [2.24, 2.45) is 5.92 Å². The van der Waals surface area contributed by atoms with Gasteiger partial charge in [-0.05, 0) is 67.5 Å². The molecule has 0 atom stereocenters. The highest BCUT2D eigenvalue weighted by Gasteiger charge is 2.33. The molecule has 2 heterocycles. The lowest BCUT2D eigenvalue weighted by atomic mass is 9.85. The molecular formula is C30H28ClF2N3O4S. The van der Waals surface area contributed by atoms with E-state index in [0.717, 1.165) is 40.2 Å². The normalized spacial score (nSPS) is 16.9. The number of thiophene rings is 1. The highest BCUT2D eigenvalue weighted by molar-refractivity contribution is 7.21. The molecule has 4 aromatic rings. The van der Waals surface area contributed by atoms with E-state index >= 15 is 0 Å². The summed E-state index contributed by atoms with van der Waals surface area (Å²) in [5, 5.41) is 11.2. The van der Waals surface area contributed by atoms with Crippen molar-refractivity contribution in [3.63, 3.8) is 0 Å². The number of rotatable bonds is 8. The molecule has 7 nitrogen and oxygen atoms in total. The second-order valence-corrected chi connectivity index (χ2v) is 11.4. The summed E-state index contributed by atoms with van der Waals surface area (Å²) in [5.74, 6) is -1.01. The minimum atomic E-state index is -1.07. The number of aromatic nitrogens is 1. The average Bonchev–Trinajstić information content (AvgIpc) is 3.35. The molecule has 0 spiro atoms. The SMILES string of the molecule is COc1ccc(-c2cccnc2)cc1CN(C(=O)c1sc2c(F)ccc(F)c2c1Cl)C1CCC(CNC(=O)O)CC1. The van der Waals surface area contributed by atoms with Crippen LogP contribution in [-0.2, 0) is 6.54 Å². The zero-order valence-corrected chi connectivity index (χ0v) is 23.8. The maximum Gasteiger partial charge on any atom is 0.404 e. The summed E-state index contributed by atoms with van der Waals surface area (Å²) < 4.78 is 34.9. The van der Waals surface area contributed by atoms with Crippen LogP contribution in [0.25, 0.3) is 21.2 Å². The maximum absolute atomic E-state index is 14.6. The highest BCUT2D eigenvalue weighted by atomic mass is 35.5. The molecule has 0 saturated heterocycles. The Bertz CT molecular complexity index is 1580. The van der Waals surface area contributed by atoms with Gasteiger partial charge in [-0.2, -0.15) is 0 Å². The van der Waals surface area contributed by atoms with Crippen molar-refractivity contribution < 1.29 is 28.2 Å². The van der Waals surface area contributed by atoms with Gasteiger partial charge in [-0.25, -0.2) is 13.6 Å². The molecular weight excluding hydrogens is 572 g/mol. The van der Waals surface area contributed by atoms with Gasteiger partial charge in [0.2, 0.25) is 0 Å². The van der Waals surface area contributed by atoms with E-state index in [2.05, 4.69) is 10.3 Å². The van der Waals surface area contributed by atoms with Crippen LogP contribution in [0.5, 0.6) is 5.75 Å². The predicted molar refractivity (Wildman–Crippen MR) is 155 cm³/mol. The standard InChI is InChI=1S/C30H28ClF2N3O4S/c1-40-24-11-6-18(19-3-2-12-34-15-19)13-20(24)16-36(21-7-4-17(5-8-21)14-35-30(38)39)29(37)28-26(31)25-22(32)9-10-23(33)27(25)41-28/h2-3,6,9-13,15,17,21,35H,4-5,7-8,14,16H2,1H3,(H,38,39). The Morgan fingerprint density at radius 2 is 1.88 bits per heavy atom. The second-order valence-electron chi connectivity index (χ2n) is 10.0. The van der Waals surface area contributed by atoms with Crippen molar-refractivity contribution in [3.8, 4) is 16.9 Å². The summed E-state index contributed by atoms with van der Waals surface area (Å²) in [5.41, 5.74) is 2.56. The van der Waals surface area contributed by atoms with Gasteiger partial charge < -0.3 is 20.1 Å². The molecule has 2 amide bonds. The molecule has 1 aliphatic rings. The number of nitrogens with one attached hydrogen (secondary N) is 1. The number of hydrogen-bond donors (Lipinski definition) is 2. The van der Waals surface area contributed by atoms with Gasteiger partial charge in [-0.3, -0.25) is 9.78 Å². The zero-order valence-electron chi connectivity index (χ0n) is 22.2. The summed E-state index contributed by atoms with van der Waals surface area (Å²) in [6.45, 7) is 0.520. The maximum atomic E-state index is 14.6. The molecule has 1 fully saturated rings. The summed E-state index contributed by atoms with van der Waals surface area (Å²) in [4.78, 5) is 31.1. The van der Waals surface area contributed by atoms with E-state index in [4.69, 9.17) is 21.4 Å². The third-order valence-electron chi connectivity index (χ3n) is 7.55. The third kappa shape index (κ3) is 6.13. The number of carbonyl (C=O) groups excluding carboxylic acids is 1. The Morgan fingerprint density at radius 3 is 2.54 bits per heavy atom. The van der Waals surface area contributed by atoms with E-state index in [1.54, 1.807) is 24.4 Å². The number of benzene rings is 2. The first kappa shape index (κ1) is 28.8. The van der Waals surface area contributed by atoms with Gasteiger partial charge in [0.1, 0.15) is 22.3 Å². The van der Waals surface area contributed by atoms with Crippen LogP contribution >= 0.6 is 22.9 Å². The monoisotopic (exact) mass is 599 g/mol. The molecule has 41 heavy (non-hydrogen) atoms. The molecule has 2 N–H and O–H groups in total. The Kier molecular flexibility index (Phi) is 8.70. The molecule has 11 heteroatoms. The fraction of sp³-hybridized carbons (Fsp3) is 0.300. The number of amides is 2. The second kappa shape index (κ2) is 12.4. The van der Waals surface area contributed by atoms with Crippen LogP contribution in [0.3, 0.4) is 0 Å². The average molecular weight is 600 g/mol. The summed E-state index contributed by atoms with van der Waals surface area (Å²) in [6, 6.07) is 11.3. The van der Waals surface area contributed by atoms with Crippen LogP contribution in [0.2, 0.25) is 5.02 Å². The number of nitrogens with zero attached hydrogens (tertiary/aromatic N) is 2. The smallest absolute Gasteiger partial charge is 0.404 e. The van der Waals surface area contributed by atoms with E-state index < -0.39 is 23.6 Å². The number of methoxy groups -OCH3 is 1. The number of carbonyl (C=O) groups is 2. The van der Waals surface area contributed by atoms with Crippen LogP contribution in [0.4, 0.5) is 13.6 Å². The first-order chi connectivity index (χ1) is 19.8. The van der Waals surface area contributed by atoms with Crippen molar-refractivity contribution in [1.29, 1.82) is 0 Å². The van der Waals surface area contributed by atoms with E-state index in [0.29, 0.717) is 38.0 Å². The number of hydrogen-bond acceptors (Lipinski definition) is 5. The van der Waals surface area contributed by atoms with E-state index in [1.807, 2.05) is 30.3 Å². The molecule has 0 bridgehead atoms. The summed E-state index contributed by atoms with van der Waals surface area (Å²) in [7, 11) is 1.56. The number of ether oxygens (including phenoxy) is 1. The van der Waals surface area contributed by atoms with Crippen LogP contribution in [0, 0.1) is 17.6 Å². The van der Waals surface area contributed by atoms with Crippen molar-refractivity contribution in [1.82, 2.24) is 15.2 Å². The quantitative estimate of drug-likeness (QED) is 0.221. The Labute approximate surface area is 244 Å². The lowest BCUT2D eigenvalue weighted by molar-refractivity contribution is 0.0592. The molecule has 5 rings (SSSR count). The van der Waals surface area contributed by atoms with Crippen LogP contribution < -0.4 is 10.1 Å². The van der Waals surface area contributed by atoms with Crippen LogP contribution in [-0.4, -0.2) is 46.7 Å². The minimum absolute atomic E-state index is 0.00194. The number of carboxylic acid groups (broad SMARTS) is 1. The molecule has 1 saturated carbocycles. The fourth-order valence-electron chi connectivity index (χ4n) is 5.42. The van der Waals surface area contributed by atoms with Gasteiger partial charge >= 0.3 is 6.09 Å². The summed E-state index contributed by atoms with van der Waals surface area (Å²) >= 11 is 7.38. The molecule has 0 radical (unpaired) electrons. The van der Waals surface area contributed by atoms with Gasteiger partial charge in [-0.1, -0.05) is 23.7 Å². The Morgan fingerprint density at radius 1 is 1.12 bits per heavy atom. The number of fused-ring (bicyclic) bond motifs is 1. The fourth-order valence-corrected chi connectivity index (χ4v) is 6.93. The van der Waals surface area contributed by atoms with Crippen molar-refractivity contribution in [2.45, 2.75) is 38.3 Å². The molecule has 214 valence electrons. The van der Waals surface area contributed by atoms with Crippen molar-refractivity contribution >= 4 is 45.0 Å². The zero-order chi connectivity index (χ0) is 29.1. The lowest BCUT2D eigenvalue weighted by Gasteiger charge is -2.37. The summed E-state index contributed by atoms with van der Waals surface area (Å²) in [6.07, 6.45) is 5.07. The lowest BCUT2D eigenvalue weighted by Crippen LogP contribution is -2.43. The first-order valence-electron chi connectivity index (χ1n) is 13.2. The van der Waals surface area contributed by atoms with Crippen molar-refractivity contribution in [3.05, 3.63) is 82.0 Å². The number of halogens is 3. The van der Waals surface area contributed by atoms with Crippen LogP contribution in [0.15, 0.2) is 54.9 Å². The van der Waals surface area contributed by atoms with Gasteiger partial charge in [0.25, 0.3) is 5.91 Å². The molecule has 2 aromatic heterocycles. The van der Waals surface area contributed by atoms with Crippen LogP contribution in [0.1, 0.15) is 40.9 Å². The van der Waals surface area contributed by atoms with E-state index in [-0.39, 0.29) is 38.5 Å². The van der Waals surface area contributed by atoms with Gasteiger partial charge in [0.15, 0.2) is 0 Å². The van der Waals surface area contributed by atoms with E-state index in [1.165, 1.54) is 0 Å². The Hall–Kier alpha value is -3.76. The van der Waals surface area contributed by atoms with Gasteiger partial charge in [-0.15, -0.1) is 11.3 Å². The topological polar surface area (TPSA) is 91.8 Å². The van der Waals surface area contributed by atoms with Gasteiger partial charge in [0, 0.05) is 42.7 Å². The predicted octanol–water partition coefficient (Wildman–Crippen LogP) is 7.37. The largest absolute Gasteiger partial charge is 0.496 e. The van der Waals surface area contributed by atoms with Crippen molar-refractivity contribution in [2.75, 3.05) is 13.7 Å². The van der Waals surface area contributed by atoms with Gasteiger partial charge in [0.05, 0.1) is 22.2 Å². The molecule has 2 aromatic carbocycles. The Balaban J connectivity index is 1.51. The van der Waals surface area contributed by atoms with E-state index in [9.17, 15) is 18.4 Å². The molecule has 1 aliphatic carbocycles. The molecule has 0 unspecified atom stereocenters. The first-order valence-corrected chi connectivity index (χ1v) is 14.4. The molecule has 0 aliphatic heterocycles. The third-order valence-corrected chi connectivity index (χ3v) is 9.23. The highest BCUT2D eigenvalue weighted by Crippen LogP contribution is 2.41. The minimum Gasteiger partial charge on any atom is -0.496 e.